The molecule has 0 aliphatic heterocycles. The van der Waals surface area contributed by atoms with Crippen LogP contribution in [0.1, 0.15) is 44.1 Å². The maximum absolute atomic E-state index is 13.5. The van der Waals surface area contributed by atoms with E-state index in [0.717, 1.165) is 37.0 Å². The third-order valence-corrected chi connectivity index (χ3v) is 5.79. The SMILES string of the molecule is O=C(N/N=C\c1ccccc1F)C12CC3CC(CC(C3)C1)C2. The molecule has 0 unspecified atom stereocenters. The third-order valence-electron chi connectivity index (χ3n) is 5.79. The highest BCUT2D eigenvalue weighted by Crippen LogP contribution is 2.60. The van der Waals surface area contributed by atoms with E-state index >= 15 is 0 Å². The van der Waals surface area contributed by atoms with E-state index in [4.69, 9.17) is 0 Å². The number of nitrogens with one attached hydrogen (secondary N) is 1. The predicted molar refractivity (Wildman–Crippen MR) is 82.7 cm³/mol. The van der Waals surface area contributed by atoms with E-state index in [2.05, 4.69) is 10.5 Å². The smallest absolute Gasteiger partial charge is 0.246 e. The van der Waals surface area contributed by atoms with E-state index in [-0.39, 0.29) is 17.1 Å². The second-order valence-corrected chi connectivity index (χ2v) is 7.42. The van der Waals surface area contributed by atoms with Gasteiger partial charge in [-0.3, -0.25) is 4.79 Å². The fourth-order valence-electron chi connectivity index (χ4n) is 5.25. The Morgan fingerprint density at radius 3 is 2.32 bits per heavy atom. The maximum atomic E-state index is 13.5. The van der Waals surface area contributed by atoms with Crippen molar-refractivity contribution >= 4 is 12.1 Å². The Morgan fingerprint density at radius 1 is 1.14 bits per heavy atom. The molecule has 4 aliphatic carbocycles. The molecule has 4 bridgehead atoms. The highest BCUT2D eigenvalue weighted by Gasteiger charge is 2.54. The van der Waals surface area contributed by atoms with E-state index in [1.165, 1.54) is 31.5 Å². The molecule has 4 aliphatic rings. The molecule has 1 N–H and O–H groups in total. The van der Waals surface area contributed by atoms with E-state index in [9.17, 15) is 9.18 Å². The Balaban J connectivity index is 1.45. The fraction of sp³-hybridized carbons (Fsp3) is 0.556. The number of halogens is 1. The fourth-order valence-corrected chi connectivity index (χ4v) is 5.25. The van der Waals surface area contributed by atoms with Crippen molar-refractivity contribution in [3.05, 3.63) is 35.6 Å². The second-order valence-electron chi connectivity index (χ2n) is 7.42. The summed E-state index contributed by atoms with van der Waals surface area (Å²) in [5, 5.41) is 4.00. The van der Waals surface area contributed by atoms with Crippen LogP contribution >= 0.6 is 0 Å². The number of carbonyl (C=O) groups is 1. The van der Waals surface area contributed by atoms with Crippen LogP contribution in [0.4, 0.5) is 4.39 Å². The van der Waals surface area contributed by atoms with Crippen molar-refractivity contribution in [1.82, 2.24) is 5.43 Å². The van der Waals surface area contributed by atoms with Crippen molar-refractivity contribution in [2.45, 2.75) is 38.5 Å². The molecule has 4 fully saturated rings. The summed E-state index contributed by atoms with van der Waals surface area (Å²) < 4.78 is 13.5. The number of benzene rings is 1. The molecular weight excluding hydrogens is 279 g/mol. The lowest BCUT2D eigenvalue weighted by molar-refractivity contribution is -0.146. The highest BCUT2D eigenvalue weighted by molar-refractivity contribution is 5.85. The normalized spacial score (nSPS) is 36.0. The Hall–Kier alpha value is -1.71. The van der Waals surface area contributed by atoms with Gasteiger partial charge in [0.05, 0.1) is 11.6 Å². The first kappa shape index (κ1) is 13.9. The zero-order valence-electron chi connectivity index (χ0n) is 12.6. The molecule has 0 spiro atoms. The van der Waals surface area contributed by atoms with Crippen LogP contribution < -0.4 is 5.43 Å². The van der Waals surface area contributed by atoms with Gasteiger partial charge in [-0.2, -0.15) is 5.10 Å². The number of amides is 1. The van der Waals surface area contributed by atoms with E-state index in [0.29, 0.717) is 5.56 Å². The molecule has 5 rings (SSSR count). The lowest BCUT2D eigenvalue weighted by Crippen LogP contribution is -2.52. The molecule has 0 radical (unpaired) electrons. The summed E-state index contributed by atoms with van der Waals surface area (Å²) >= 11 is 0. The number of nitrogens with zero attached hydrogens (tertiary/aromatic N) is 1. The molecule has 0 saturated heterocycles. The van der Waals surface area contributed by atoms with Crippen LogP contribution in [0.15, 0.2) is 29.4 Å². The van der Waals surface area contributed by atoms with Crippen LogP contribution in [0, 0.1) is 29.0 Å². The van der Waals surface area contributed by atoms with Crippen molar-refractivity contribution < 1.29 is 9.18 Å². The predicted octanol–water partition coefficient (Wildman–Crippen LogP) is 3.49. The van der Waals surface area contributed by atoms with E-state index < -0.39 is 0 Å². The number of hydrogen-bond donors (Lipinski definition) is 1. The number of rotatable bonds is 3. The van der Waals surface area contributed by atoms with Gasteiger partial charge in [-0.15, -0.1) is 0 Å². The van der Waals surface area contributed by atoms with E-state index in [1.807, 2.05) is 0 Å². The molecule has 0 heterocycles. The van der Waals surface area contributed by atoms with Gasteiger partial charge in [0, 0.05) is 5.56 Å². The zero-order valence-corrected chi connectivity index (χ0v) is 12.6. The van der Waals surface area contributed by atoms with Crippen molar-refractivity contribution in [3.8, 4) is 0 Å². The molecule has 3 nitrogen and oxygen atoms in total. The third kappa shape index (κ3) is 2.34. The quantitative estimate of drug-likeness (QED) is 0.674. The minimum atomic E-state index is -0.324. The molecule has 116 valence electrons. The van der Waals surface area contributed by atoms with Crippen LogP contribution in [0.3, 0.4) is 0 Å². The van der Waals surface area contributed by atoms with Gasteiger partial charge in [0.25, 0.3) is 0 Å². The van der Waals surface area contributed by atoms with Crippen molar-refractivity contribution in [2.24, 2.45) is 28.3 Å². The monoisotopic (exact) mass is 300 g/mol. The molecule has 1 amide bonds. The molecule has 0 aromatic heterocycles. The van der Waals surface area contributed by atoms with Crippen molar-refractivity contribution in [2.75, 3.05) is 0 Å². The largest absolute Gasteiger partial charge is 0.273 e. The first-order valence-corrected chi connectivity index (χ1v) is 8.23. The summed E-state index contributed by atoms with van der Waals surface area (Å²) in [6.07, 6.45) is 8.37. The summed E-state index contributed by atoms with van der Waals surface area (Å²) in [5.41, 5.74) is 2.87. The van der Waals surface area contributed by atoms with Crippen LogP contribution in [0.5, 0.6) is 0 Å². The lowest BCUT2D eigenvalue weighted by Gasteiger charge is -2.55. The first-order valence-electron chi connectivity index (χ1n) is 8.23. The summed E-state index contributed by atoms with van der Waals surface area (Å²) in [7, 11) is 0. The highest BCUT2D eigenvalue weighted by atomic mass is 19.1. The second kappa shape index (κ2) is 5.18. The van der Waals surface area contributed by atoms with Crippen LogP contribution in [-0.4, -0.2) is 12.1 Å². The van der Waals surface area contributed by atoms with Crippen LogP contribution in [0.25, 0.3) is 0 Å². The van der Waals surface area contributed by atoms with Gasteiger partial charge in [-0.25, -0.2) is 9.82 Å². The number of carbonyl (C=O) groups excluding carboxylic acids is 1. The summed E-state index contributed by atoms with van der Waals surface area (Å²) in [6.45, 7) is 0. The number of hydrogen-bond acceptors (Lipinski definition) is 2. The molecule has 22 heavy (non-hydrogen) atoms. The molecule has 0 atom stereocenters. The molecule has 4 saturated carbocycles. The molecule has 1 aromatic rings. The molecular formula is C18H21FN2O. The zero-order chi connectivity index (χ0) is 15.2. The minimum Gasteiger partial charge on any atom is -0.273 e. The van der Waals surface area contributed by atoms with Gasteiger partial charge < -0.3 is 0 Å². The van der Waals surface area contributed by atoms with Gasteiger partial charge in [0.1, 0.15) is 5.82 Å². The first-order chi connectivity index (χ1) is 10.6. The van der Waals surface area contributed by atoms with E-state index in [1.54, 1.807) is 18.2 Å². The van der Waals surface area contributed by atoms with Crippen molar-refractivity contribution in [3.63, 3.8) is 0 Å². The standard InChI is InChI=1S/C18H21FN2O/c19-16-4-2-1-3-15(16)11-20-21-17(22)18-8-12-5-13(9-18)7-14(6-12)10-18/h1-4,11-14H,5-10H2,(H,21,22)/b20-11-. The summed E-state index contributed by atoms with van der Waals surface area (Å²) in [6, 6.07) is 6.43. The van der Waals surface area contributed by atoms with Crippen molar-refractivity contribution in [1.29, 1.82) is 0 Å². The van der Waals surface area contributed by atoms with Gasteiger partial charge >= 0.3 is 0 Å². The summed E-state index contributed by atoms with van der Waals surface area (Å²) in [5.74, 6) is 1.90. The molecule has 4 heteroatoms. The maximum Gasteiger partial charge on any atom is 0.246 e. The van der Waals surface area contributed by atoms with Gasteiger partial charge in [0.15, 0.2) is 0 Å². The number of hydrazone groups is 1. The minimum absolute atomic E-state index is 0.0409. The molecule has 1 aromatic carbocycles. The Labute approximate surface area is 130 Å². The Kier molecular flexibility index (Phi) is 3.28. The van der Waals surface area contributed by atoms with Gasteiger partial charge in [-0.05, 0) is 62.3 Å². The van der Waals surface area contributed by atoms with Gasteiger partial charge in [-0.1, -0.05) is 18.2 Å². The average Bonchev–Trinajstić information content (AvgIpc) is 2.47. The average molecular weight is 300 g/mol. The van der Waals surface area contributed by atoms with Crippen LogP contribution in [0.2, 0.25) is 0 Å². The lowest BCUT2D eigenvalue weighted by atomic mass is 9.49. The Bertz CT molecular complexity index is 590. The Morgan fingerprint density at radius 2 is 1.73 bits per heavy atom. The topological polar surface area (TPSA) is 41.5 Å². The van der Waals surface area contributed by atoms with Gasteiger partial charge in [0.2, 0.25) is 5.91 Å². The summed E-state index contributed by atoms with van der Waals surface area (Å²) in [4.78, 5) is 12.7. The van der Waals surface area contributed by atoms with Crippen LogP contribution in [-0.2, 0) is 4.79 Å².